The van der Waals surface area contributed by atoms with Crippen LogP contribution in [0.1, 0.15) is 42.5 Å². The second-order valence-corrected chi connectivity index (χ2v) is 6.43. The highest BCUT2D eigenvalue weighted by molar-refractivity contribution is 5.77. The van der Waals surface area contributed by atoms with Crippen molar-refractivity contribution in [3.8, 4) is 5.75 Å². The highest BCUT2D eigenvalue weighted by Gasteiger charge is 2.33. The van der Waals surface area contributed by atoms with Crippen molar-refractivity contribution in [1.29, 1.82) is 0 Å². The number of aliphatic hydroxyl groups is 1. The van der Waals surface area contributed by atoms with Gasteiger partial charge in [-0.05, 0) is 54.2 Å². The van der Waals surface area contributed by atoms with Gasteiger partial charge in [-0.3, -0.25) is 4.79 Å². The Hall–Kier alpha value is -2.40. The van der Waals surface area contributed by atoms with Crippen molar-refractivity contribution in [3.05, 3.63) is 65.5 Å². The Kier molecular flexibility index (Phi) is 5.34. The van der Waals surface area contributed by atoms with Crippen LogP contribution in [0.3, 0.4) is 0 Å². The van der Waals surface area contributed by atoms with Gasteiger partial charge in [-0.15, -0.1) is 0 Å². The van der Waals surface area contributed by atoms with E-state index in [2.05, 4.69) is 5.32 Å². The topological polar surface area (TPSA) is 58.6 Å². The summed E-state index contributed by atoms with van der Waals surface area (Å²) >= 11 is 0. The van der Waals surface area contributed by atoms with E-state index in [-0.39, 0.29) is 18.4 Å². The molecule has 0 aromatic heterocycles. The van der Waals surface area contributed by atoms with Crippen LogP contribution in [0.5, 0.6) is 5.75 Å². The fourth-order valence-electron chi connectivity index (χ4n) is 2.95. The van der Waals surface area contributed by atoms with Crippen molar-refractivity contribution in [2.45, 2.75) is 31.4 Å². The predicted octanol–water partition coefficient (Wildman–Crippen LogP) is 3.53. The highest BCUT2D eigenvalue weighted by atomic mass is 19.1. The second-order valence-electron chi connectivity index (χ2n) is 6.43. The van der Waals surface area contributed by atoms with Gasteiger partial charge in [0, 0.05) is 0 Å². The zero-order chi connectivity index (χ0) is 17.8. The molecule has 0 aliphatic heterocycles. The number of carbonyl (C=O) groups is 1. The molecule has 5 heteroatoms. The molecule has 0 saturated heterocycles. The molecule has 1 aliphatic carbocycles. The third kappa shape index (κ3) is 4.57. The molecule has 132 valence electrons. The molecule has 0 spiro atoms. The molecule has 2 aromatic carbocycles. The van der Waals surface area contributed by atoms with Crippen LogP contribution in [0.15, 0.2) is 48.5 Å². The summed E-state index contributed by atoms with van der Waals surface area (Å²) in [6.45, 7) is 0. The normalized spacial score (nSPS) is 16.1. The monoisotopic (exact) mass is 343 g/mol. The number of nitrogens with one attached hydrogen (secondary N) is 1. The van der Waals surface area contributed by atoms with Gasteiger partial charge in [-0.25, -0.2) is 4.39 Å². The molecule has 0 bridgehead atoms. The fraction of sp³-hybridized carbons (Fsp3) is 0.350. The lowest BCUT2D eigenvalue weighted by Gasteiger charge is -2.20. The number of aliphatic hydroxyl groups excluding tert-OH is 1. The van der Waals surface area contributed by atoms with Crippen molar-refractivity contribution >= 4 is 5.91 Å². The number of methoxy groups -OCH3 is 1. The van der Waals surface area contributed by atoms with E-state index in [4.69, 9.17) is 4.74 Å². The molecule has 3 rings (SSSR count). The molecule has 1 amide bonds. The molecule has 1 saturated carbocycles. The predicted molar refractivity (Wildman–Crippen MR) is 92.6 cm³/mol. The van der Waals surface area contributed by atoms with Crippen LogP contribution in [0, 0.1) is 11.7 Å². The Morgan fingerprint density at radius 1 is 1.24 bits per heavy atom. The lowest BCUT2D eigenvalue weighted by molar-refractivity contribution is -0.124. The van der Waals surface area contributed by atoms with E-state index in [1.54, 1.807) is 13.2 Å². The Labute approximate surface area is 146 Å². The van der Waals surface area contributed by atoms with Gasteiger partial charge in [0.2, 0.25) is 5.91 Å². The van der Waals surface area contributed by atoms with E-state index in [0.717, 1.165) is 24.2 Å². The number of hydrogen-bond donors (Lipinski definition) is 2. The van der Waals surface area contributed by atoms with Crippen molar-refractivity contribution in [3.63, 3.8) is 0 Å². The van der Waals surface area contributed by atoms with Crippen LogP contribution >= 0.6 is 0 Å². The summed E-state index contributed by atoms with van der Waals surface area (Å²) in [5.41, 5.74) is 1.43. The van der Waals surface area contributed by atoms with Crippen LogP contribution in [0.4, 0.5) is 4.39 Å². The molecular formula is C20H22FNO3. The van der Waals surface area contributed by atoms with Gasteiger partial charge in [0.1, 0.15) is 11.6 Å². The average molecular weight is 343 g/mol. The zero-order valence-electron chi connectivity index (χ0n) is 14.1. The van der Waals surface area contributed by atoms with Crippen molar-refractivity contribution < 1.29 is 19.0 Å². The quantitative estimate of drug-likeness (QED) is 0.809. The number of carbonyl (C=O) groups excluding carboxylic acids is 1. The summed E-state index contributed by atoms with van der Waals surface area (Å²) in [4.78, 5) is 12.4. The fourth-order valence-corrected chi connectivity index (χ4v) is 2.95. The van der Waals surface area contributed by atoms with E-state index in [1.165, 1.54) is 18.2 Å². The van der Waals surface area contributed by atoms with Gasteiger partial charge in [0.25, 0.3) is 0 Å². The van der Waals surface area contributed by atoms with Crippen LogP contribution in [0.25, 0.3) is 0 Å². The summed E-state index contributed by atoms with van der Waals surface area (Å²) in [5.74, 6) is 0.519. The van der Waals surface area contributed by atoms with Gasteiger partial charge in [0.05, 0.1) is 25.7 Å². The van der Waals surface area contributed by atoms with E-state index >= 15 is 0 Å². The number of benzene rings is 2. The lowest BCUT2D eigenvalue weighted by Crippen LogP contribution is -2.30. The number of rotatable bonds is 7. The minimum atomic E-state index is -1.02. The van der Waals surface area contributed by atoms with Crippen LogP contribution < -0.4 is 10.1 Å². The summed E-state index contributed by atoms with van der Waals surface area (Å²) in [5, 5.41) is 13.2. The Balaban J connectivity index is 1.64. The summed E-state index contributed by atoms with van der Waals surface area (Å²) in [7, 11) is 1.61. The maximum absolute atomic E-state index is 13.3. The summed E-state index contributed by atoms with van der Waals surface area (Å²) in [6, 6.07) is 13.3. The maximum atomic E-state index is 13.3. The molecule has 25 heavy (non-hydrogen) atoms. The van der Waals surface area contributed by atoms with Crippen molar-refractivity contribution in [2.24, 2.45) is 5.92 Å². The largest absolute Gasteiger partial charge is 0.497 e. The van der Waals surface area contributed by atoms with E-state index in [0.29, 0.717) is 11.5 Å². The molecule has 2 N–H and O–H groups in total. The molecule has 0 radical (unpaired) electrons. The van der Waals surface area contributed by atoms with Gasteiger partial charge in [0.15, 0.2) is 0 Å². The van der Waals surface area contributed by atoms with Crippen LogP contribution in [-0.4, -0.2) is 18.1 Å². The third-order valence-electron chi connectivity index (χ3n) is 4.50. The van der Waals surface area contributed by atoms with E-state index < -0.39 is 11.9 Å². The molecule has 1 fully saturated rings. The number of amides is 1. The molecule has 2 aromatic rings. The molecule has 0 heterocycles. The molecule has 2 atom stereocenters. The maximum Gasteiger partial charge on any atom is 0.223 e. The van der Waals surface area contributed by atoms with Gasteiger partial charge >= 0.3 is 0 Å². The molecule has 4 nitrogen and oxygen atoms in total. The van der Waals surface area contributed by atoms with Crippen molar-refractivity contribution in [2.75, 3.05) is 7.11 Å². The summed E-state index contributed by atoms with van der Waals surface area (Å²) in [6.07, 6.45) is 1.03. The van der Waals surface area contributed by atoms with Crippen LogP contribution in [-0.2, 0) is 4.79 Å². The first kappa shape index (κ1) is 17.4. The SMILES string of the molecule is COc1ccc(C(NC(=O)CC(O)c2cccc(F)c2)C2CC2)cc1. The first-order chi connectivity index (χ1) is 12.1. The minimum absolute atomic E-state index is 0.0712. The third-order valence-corrected chi connectivity index (χ3v) is 4.50. The first-order valence-corrected chi connectivity index (χ1v) is 8.43. The van der Waals surface area contributed by atoms with Gasteiger partial charge in [-0.2, -0.15) is 0 Å². The van der Waals surface area contributed by atoms with Crippen molar-refractivity contribution in [1.82, 2.24) is 5.32 Å². The Bertz CT molecular complexity index is 728. The van der Waals surface area contributed by atoms with Gasteiger partial charge < -0.3 is 15.2 Å². The lowest BCUT2D eigenvalue weighted by atomic mass is 10.0. The highest BCUT2D eigenvalue weighted by Crippen LogP contribution is 2.41. The Morgan fingerprint density at radius 2 is 1.96 bits per heavy atom. The zero-order valence-corrected chi connectivity index (χ0v) is 14.1. The molecule has 1 aliphatic rings. The molecular weight excluding hydrogens is 321 g/mol. The number of halogens is 1. The molecule has 2 unspecified atom stereocenters. The average Bonchev–Trinajstić information content (AvgIpc) is 3.45. The number of hydrogen-bond acceptors (Lipinski definition) is 3. The smallest absolute Gasteiger partial charge is 0.223 e. The second kappa shape index (κ2) is 7.66. The van der Waals surface area contributed by atoms with Gasteiger partial charge in [-0.1, -0.05) is 24.3 Å². The Morgan fingerprint density at radius 3 is 2.56 bits per heavy atom. The summed E-state index contributed by atoms with van der Waals surface area (Å²) < 4.78 is 18.4. The first-order valence-electron chi connectivity index (χ1n) is 8.43. The number of ether oxygens (including phenoxy) is 1. The van der Waals surface area contributed by atoms with Crippen LogP contribution in [0.2, 0.25) is 0 Å². The van der Waals surface area contributed by atoms with E-state index in [1.807, 2.05) is 24.3 Å². The van der Waals surface area contributed by atoms with E-state index in [9.17, 15) is 14.3 Å². The minimum Gasteiger partial charge on any atom is -0.497 e. The standard InChI is InChI=1S/C20H22FNO3/c1-25-17-9-7-14(8-10-17)20(13-5-6-13)22-19(24)12-18(23)15-3-2-4-16(21)11-15/h2-4,7-11,13,18,20,23H,5-6,12H2,1H3,(H,22,24).